The molecule has 0 heterocycles. The number of methoxy groups -OCH3 is 1. The fourth-order valence-corrected chi connectivity index (χ4v) is 1.42. The van der Waals surface area contributed by atoms with Gasteiger partial charge < -0.3 is 15.0 Å². The summed E-state index contributed by atoms with van der Waals surface area (Å²) >= 11 is 0. The van der Waals surface area contributed by atoms with E-state index in [2.05, 4.69) is 45.0 Å². The van der Waals surface area contributed by atoms with E-state index in [1.807, 2.05) is 0 Å². The summed E-state index contributed by atoms with van der Waals surface area (Å²) in [6, 6.07) is 0. The minimum atomic E-state index is 0.222. The summed E-state index contributed by atoms with van der Waals surface area (Å²) in [4.78, 5) is 2.32. The van der Waals surface area contributed by atoms with Crippen LogP contribution in [0.15, 0.2) is 0 Å². The maximum Gasteiger partial charge on any atom is 0.0589 e. The van der Waals surface area contributed by atoms with Crippen molar-refractivity contribution in [3.63, 3.8) is 0 Å². The SMILES string of the molecule is COCCN(C)CC(C)CNC(C)(C)C. The average Bonchev–Trinajstić information content (AvgIpc) is 2.10. The molecule has 0 aromatic rings. The molecule has 0 radical (unpaired) electrons. The van der Waals surface area contributed by atoms with Gasteiger partial charge in [-0.25, -0.2) is 0 Å². The molecule has 0 amide bonds. The van der Waals surface area contributed by atoms with Crippen molar-refractivity contribution in [3.05, 3.63) is 0 Å². The number of likely N-dealkylation sites (N-methyl/N-ethyl adjacent to an activating group) is 1. The van der Waals surface area contributed by atoms with Gasteiger partial charge in [0, 0.05) is 25.7 Å². The van der Waals surface area contributed by atoms with Crippen molar-refractivity contribution in [2.45, 2.75) is 33.2 Å². The lowest BCUT2D eigenvalue weighted by Crippen LogP contribution is -2.41. The van der Waals surface area contributed by atoms with Gasteiger partial charge in [0.1, 0.15) is 0 Å². The van der Waals surface area contributed by atoms with Crippen molar-refractivity contribution in [3.8, 4) is 0 Å². The van der Waals surface area contributed by atoms with Crippen LogP contribution in [0.3, 0.4) is 0 Å². The predicted octanol–water partition coefficient (Wildman–Crippen LogP) is 1.59. The maximum absolute atomic E-state index is 5.05. The highest BCUT2D eigenvalue weighted by atomic mass is 16.5. The second-order valence-corrected chi connectivity index (χ2v) is 5.49. The standard InChI is InChI=1S/C12H28N2O/c1-11(9-13-12(2,3)4)10-14(5)7-8-15-6/h11,13H,7-10H2,1-6H3. The van der Waals surface area contributed by atoms with Crippen LogP contribution >= 0.6 is 0 Å². The topological polar surface area (TPSA) is 24.5 Å². The molecule has 1 N–H and O–H groups in total. The first kappa shape index (κ1) is 14.9. The fraction of sp³-hybridized carbons (Fsp3) is 1.00. The van der Waals surface area contributed by atoms with Crippen molar-refractivity contribution in [2.75, 3.05) is 40.4 Å². The summed E-state index contributed by atoms with van der Waals surface area (Å²) in [6.45, 7) is 12.9. The van der Waals surface area contributed by atoms with Crippen molar-refractivity contribution in [1.29, 1.82) is 0 Å². The molecule has 0 spiro atoms. The van der Waals surface area contributed by atoms with E-state index >= 15 is 0 Å². The first-order chi connectivity index (χ1) is 6.85. The molecule has 15 heavy (non-hydrogen) atoms. The van der Waals surface area contributed by atoms with Crippen molar-refractivity contribution >= 4 is 0 Å². The first-order valence-electron chi connectivity index (χ1n) is 5.77. The Balaban J connectivity index is 3.59. The zero-order valence-corrected chi connectivity index (χ0v) is 11.3. The van der Waals surface area contributed by atoms with E-state index in [0.717, 1.165) is 26.2 Å². The highest BCUT2D eigenvalue weighted by Gasteiger charge is 2.12. The summed E-state index contributed by atoms with van der Waals surface area (Å²) in [6.07, 6.45) is 0. The van der Waals surface area contributed by atoms with Gasteiger partial charge in [-0.15, -0.1) is 0 Å². The number of hydrogen-bond acceptors (Lipinski definition) is 3. The zero-order chi connectivity index (χ0) is 11.9. The molecular weight excluding hydrogens is 188 g/mol. The van der Waals surface area contributed by atoms with Gasteiger partial charge in [0.15, 0.2) is 0 Å². The zero-order valence-electron chi connectivity index (χ0n) is 11.3. The molecule has 0 aliphatic heterocycles. The van der Waals surface area contributed by atoms with Crippen LogP contribution in [0.25, 0.3) is 0 Å². The predicted molar refractivity (Wildman–Crippen MR) is 66.3 cm³/mol. The smallest absolute Gasteiger partial charge is 0.0589 e. The summed E-state index contributed by atoms with van der Waals surface area (Å²) in [7, 11) is 3.89. The van der Waals surface area contributed by atoms with Crippen LogP contribution in [-0.4, -0.2) is 50.8 Å². The molecule has 92 valence electrons. The molecule has 0 saturated carbocycles. The number of hydrogen-bond donors (Lipinski definition) is 1. The highest BCUT2D eigenvalue weighted by Crippen LogP contribution is 2.02. The van der Waals surface area contributed by atoms with Crippen molar-refractivity contribution < 1.29 is 4.74 Å². The molecule has 3 heteroatoms. The lowest BCUT2D eigenvalue weighted by atomic mass is 10.1. The van der Waals surface area contributed by atoms with Crippen LogP contribution in [0.4, 0.5) is 0 Å². The Kier molecular flexibility index (Phi) is 7.14. The molecule has 0 bridgehead atoms. The van der Waals surface area contributed by atoms with E-state index in [9.17, 15) is 0 Å². The minimum absolute atomic E-state index is 0.222. The summed E-state index contributed by atoms with van der Waals surface area (Å²) in [5.74, 6) is 0.672. The van der Waals surface area contributed by atoms with Crippen LogP contribution in [0.1, 0.15) is 27.7 Å². The molecule has 0 fully saturated rings. The number of ether oxygens (including phenoxy) is 1. The minimum Gasteiger partial charge on any atom is -0.383 e. The van der Waals surface area contributed by atoms with Crippen LogP contribution in [0, 0.1) is 5.92 Å². The molecule has 0 aromatic heterocycles. The fourth-order valence-electron chi connectivity index (χ4n) is 1.42. The highest BCUT2D eigenvalue weighted by molar-refractivity contribution is 4.72. The number of nitrogens with zero attached hydrogens (tertiary/aromatic N) is 1. The Labute approximate surface area is 95.2 Å². The van der Waals surface area contributed by atoms with Crippen LogP contribution in [-0.2, 0) is 4.74 Å². The Bertz CT molecular complexity index is 154. The Morgan fingerprint density at radius 3 is 2.40 bits per heavy atom. The van der Waals surface area contributed by atoms with Gasteiger partial charge in [0.05, 0.1) is 6.61 Å². The number of rotatable bonds is 7. The molecule has 0 rings (SSSR count). The molecular formula is C12H28N2O. The molecule has 0 aliphatic rings. The lowest BCUT2D eigenvalue weighted by Gasteiger charge is -2.26. The van der Waals surface area contributed by atoms with Crippen LogP contribution < -0.4 is 5.32 Å². The lowest BCUT2D eigenvalue weighted by molar-refractivity contribution is 0.152. The van der Waals surface area contributed by atoms with Gasteiger partial charge in [-0.1, -0.05) is 6.92 Å². The average molecular weight is 216 g/mol. The summed E-state index contributed by atoms with van der Waals surface area (Å²) in [5, 5.41) is 3.53. The third kappa shape index (κ3) is 10.2. The van der Waals surface area contributed by atoms with Crippen molar-refractivity contribution in [2.24, 2.45) is 5.92 Å². The van der Waals surface area contributed by atoms with E-state index in [4.69, 9.17) is 4.74 Å². The van der Waals surface area contributed by atoms with Gasteiger partial charge in [-0.05, 0) is 40.3 Å². The summed E-state index contributed by atoms with van der Waals surface area (Å²) in [5.41, 5.74) is 0.222. The molecule has 0 aliphatic carbocycles. The maximum atomic E-state index is 5.05. The molecule has 0 aromatic carbocycles. The first-order valence-corrected chi connectivity index (χ1v) is 5.77. The number of nitrogens with one attached hydrogen (secondary N) is 1. The summed E-state index contributed by atoms with van der Waals surface area (Å²) < 4.78 is 5.05. The van der Waals surface area contributed by atoms with E-state index in [-0.39, 0.29) is 5.54 Å². The monoisotopic (exact) mass is 216 g/mol. The Morgan fingerprint density at radius 2 is 1.93 bits per heavy atom. The van der Waals surface area contributed by atoms with E-state index in [1.165, 1.54) is 0 Å². The molecule has 1 unspecified atom stereocenters. The quantitative estimate of drug-likeness (QED) is 0.699. The molecule has 3 nitrogen and oxygen atoms in total. The van der Waals surface area contributed by atoms with Gasteiger partial charge in [0.2, 0.25) is 0 Å². The van der Waals surface area contributed by atoms with E-state index in [0.29, 0.717) is 5.92 Å². The normalized spacial score (nSPS) is 14.6. The Morgan fingerprint density at radius 1 is 1.33 bits per heavy atom. The largest absolute Gasteiger partial charge is 0.383 e. The molecule has 0 saturated heterocycles. The van der Waals surface area contributed by atoms with Gasteiger partial charge in [-0.2, -0.15) is 0 Å². The van der Waals surface area contributed by atoms with E-state index in [1.54, 1.807) is 7.11 Å². The van der Waals surface area contributed by atoms with Gasteiger partial charge >= 0.3 is 0 Å². The third-order valence-corrected chi connectivity index (χ3v) is 2.28. The second-order valence-electron chi connectivity index (χ2n) is 5.49. The third-order valence-electron chi connectivity index (χ3n) is 2.28. The van der Waals surface area contributed by atoms with E-state index < -0.39 is 0 Å². The second kappa shape index (κ2) is 7.20. The van der Waals surface area contributed by atoms with Gasteiger partial charge in [0.25, 0.3) is 0 Å². The van der Waals surface area contributed by atoms with Gasteiger partial charge in [-0.3, -0.25) is 0 Å². The Hall–Kier alpha value is -0.120. The van der Waals surface area contributed by atoms with Crippen LogP contribution in [0.2, 0.25) is 0 Å². The van der Waals surface area contributed by atoms with Crippen molar-refractivity contribution in [1.82, 2.24) is 10.2 Å². The molecule has 1 atom stereocenters. The van der Waals surface area contributed by atoms with Crippen LogP contribution in [0.5, 0.6) is 0 Å².